The number of rotatable bonds is 3. The van der Waals surface area contributed by atoms with Crippen molar-refractivity contribution < 1.29 is 13.2 Å². The third-order valence-electron chi connectivity index (χ3n) is 4.31. The van der Waals surface area contributed by atoms with E-state index >= 15 is 0 Å². The smallest absolute Gasteiger partial charge is 0.323 e. The number of alkyl halides is 3. The Balaban J connectivity index is 1.83. The predicted octanol–water partition coefficient (Wildman–Crippen LogP) is 4.71. The molecular formula is C21H14F3N3O. The molecule has 0 N–H and O–H groups in total. The van der Waals surface area contributed by atoms with Gasteiger partial charge in [-0.05, 0) is 36.4 Å². The summed E-state index contributed by atoms with van der Waals surface area (Å²) in [5, 5.41) is 4.27. The van der Waals surface area contributed by atoms with Gasteiger partial charge in [0.15, 0.2) is 5.43 Å². The number of aromatic nitrogens is 3. The van der Waals surface area contributed by atoms with Crippen molar-refractivity contribution in [3.05, 3.63) is 101 Å². The summed E-state index contributed by atoms with van der Waals surface area (Å²) in [5.74, 6) is 0. The lowest BCUT2D eigenvalue weighted by Crippen LogP contribution is -2.11. The van der Waals surface area contributed by atoms with E-state index in [-0.39, 0.29) is 5.43 Å². The Morgan fingerprint density at radius 2 is 1.61 bits per heavy atom. The molecule has 2 aromatic heterocycles. The van der Waals surface area contributed by atoms with Crippen LogP contribution in [0.3, 0.4) is 0 Å². The molecule has 4 aromatic rings. The summed E-state index contributed by atoms with van der Waals surface area (Å²) in [5.41, 5.74) is 0.970. The lowest BCUT2D eigenvalue weighted by atomic mass is 10.1. The minimum Gasteiger partial charge on any atom is -0.323 e. The van der Waals surface area contributed by atoms with Crippen molar-refractivity contribution in [1.82, 2.24) is 14.3 Å². The highest BCUT2D eigenvalue weighted by Crippen LogP contribution is 2.30. The first-order valence-electron chi connectivity index (χ1n) is 8.43. The SMILES string of the molecule is O=c1ccn(-c2cccc(C(F)(F)F)c2)cc1-c1ccnn1-c1ccccc1. The summed E-state index contributed by atoms with van der Waals surface area (Å²) >= 11 is 0. The van der Waals surface area contributed by atoms with Gasteiger partial charge in [-0.2, -0.15) is 18.3 Å². The first-order valence-corrected chi connectivity index (χ1v) is 8.43. The maximum atomic E-state index is 13.0. The quantitative estimate of drug-likeness (QED) is 0.516. The molecule has 0 saturated heterocycles. The van der Waals surface area contributed by atoms with Gasteiger partial charge in [0.05, 0.1) is 28.7 Å². The van der Waals surface area contributed by atoms with Crippen LogP contribution in [0, 0.1) is 0 Å². The van der Waals surface area contributed by atoms with E-state index in [4.69, 9.17) is 0 Å². The summed E-state index contributed by atoms with van der Waals surface area (Å²) in [4.78, 5) is 12.5. The fourth-order valence-corrected chi connectivity index (χ4v) is 2.96. The summed E-state index contributed by atoms with van der Waals surface area (Å²) < 4.78 is 42.2. The van der Waals surface area contributed by atoms with Crippen molar-refractivity contribution in [2.45, 2.75) is 6.18 Å². The molecule has 0 spiro atoms. The third-order valence-corrected chi connectivity index (χ3v) is 4.31. The maximum Gasteiger partial charge on any atom is 0.416 e. The molecule has 0 atom stereocenters. The summed E-state index contributed by atoms with van der Waals surface area (Å²) in [6, 6.07) is 17.3. The zero-order chi connectivity index (χ0) is 19.7. The molecule has 0 amide bonds. The van der Waals surface area contributed by atoms with Gasteiger partial charge in [0.25, 0.3) is 0 Å². The van der Waals surface area contributed by atoms with Crippen LogP contribution in [0.15, 0.2) is 90.1 Å². The van der Waals surface area contributed by atoms with Crippen LogP contribution >= 0.6 is 0 Å². The Labute approximate surface area is 158 Å². The number of para-hydroxylation sites is 1. The van der Waals surface area contributed by atoms with Crippen LogP contribution in [-0.2, 0) is 6.18 Å². The molecule has 0 aliphatic rings. The van der Waals surface area contributed by atoms with Gasteiger partial charge in [0.2, 0.25) is 0 Å². The molecule has 140 valence electrons. The summed E-state index contributed by atoms with van der Waals surface area (Å²) in [6.07, 6.45) is 0.103. The number of pyridine rings is 1. The van der Waals surface area contributed by atoms with Crippen molar-refractivity contribution in [2.24, 2.45) is 0 Å². The van der Waals surface area contributed by atoms with E-state index < -0.39 is 11.7 Å². The molecule has 4 nitrogen and oxygen atoms in total. The van der Waals surface area contributed by atoms with Gasteiger partial charge in [-0.3, -0.25) is 4.79 Å². The second-order valence-electron chi connectivity index (χ2n) is 6.14. The van der Waals surface area contributed by atoms with E-state index in [0.29, 0.717) is 16.9 Å². The van der Waals surface area contributed by atoms with Gasteiger partial charge in [-0.25, -0.2) is 4.68 Å². The van der Waals surface area contributed by atoms with E-state index in [0.717, 1.165) is 17.8 Å². The number of halogens is 3. The number of hydrogen-bond acceptors (Lipinski definition) is 2. The Bertz CT molecular complexity index is 1180. The highest BCUT2D eigenvalue weighted by atomic mass is 19.4. The molecule has 0 fully saturated rings. The summed E-state index contributed by atoms with van der Waals surface area (Å²) in [7, 11) is 0. The monoisotopic (exact) mass is 381 g/mol. The van der Waals surface area contributed by atoms with Crippen LogP contribution in [0.25, 0.3) is 22.6 Å². The van der Waals surface area contributed by atoms with Gasteiger partial charge >= 0.3 is 6.18 Å². The topological polar surface area (TPSA) is 39.8 Å². The Morgan fingerprint density at radius 1 is 0.857 bits per heavy atom. The Morgan fingerprint density at radius 3 is 2.36 bits per heavy atom. The van der Waals surface area contributed by atoms with E-state index in [2.05, 4.69) is 5.10 Å². The average Bonchev–Trinajstić information content (AvgIpc) is 3.18. The van der Waals surface area contributed by atoms with Gasteiger partial charge in [0, 0.05) is 24.1 Å². The molecule has 0 radical (unpaired) electrons. The van der Waals surface area contributed by atoms with E-state index in [1.165, 1.54) is 29.1 Å². The molecule has 0 aliphatic carbocycles. The van der Waals surface area contributed by atoms with Crippen molar-refractivity contribution >= 4 is 0 Å². The largest absolute Gasteiger partial charge is 0.416 e. The minimum absolute atomic E-state index is 0.249. The van der Waals surface area contributed by atoms with E-state index in [1.807, 2.05) is 30.3 Å². The van der Waals surface area contributed by atoms with Crippen LogP contribution in [0.2, 0.25) is 0 Å². The first kappa shape index (κ1) is 17.8. The lowest BCUT2D eigenvalue weighted by molar-refractivity contribution is -0.137. The highest BCUT2D eigenvalue weighted by Gasteiger charge is 2.30. The Hall–Kier alpha value is -3.61. The Kier molecular flexibility index (Phi) is 4.35. The molecule has 0 saturated carbocycles. The molecule has 0 unspecified atom stereocenters. The van der Waals surface area contributed by atoms with Gasteiger partial charge < -0.3 is 4.57 Å². The zero-order valence-corrected chi connectivity index (χ0v) is 14.5. The fraction of sp³-hybridized carbons (Fsp3) is 0.0476. The molecule has 4 rings (SSSR count). The van der Waals surface area contributed by atoms with Gasteiger partial charge in [-0.1, -0.05) is 24.3 Å². The van der Waals surface area contributed by atoms with Crippen molar-refractivity contribution in [1.29, 1.82) is 0 Å². The maximum absolute atomic E-state index is 13.0. The number of benzene rings is 2. The van der Waals surface area contributed by atoms with Crippen LogP contribution in [-0.4, -0.2) is 14.3 Å². The molecule has 2 heterocycles. The van der Waals surface area contributed by atoms with Gasteiger partial charge in [0.1, 0.15) is 0 Å². The number of hydrogen-bond donors (Lipinski definition) is 0. The van der Waals surface area contributed by atoms with Gasteiger partial charge in [-0.15, -0.1) is 0 Å². The molecular weight excluding hydrogens is 367 g/mol. The first-order chi connectivity index (χ1) is 13.4. The van der Waals surface area contributed by atoms with Crippen molar-refractivity contribution in [2.75, 3.05) is 0 Å². The van der Waals surface area contributed by atoms with E-state index in [1.54, 1.807) is 23.0 Å². The highest BCUT2D eigenvalue weighted by molar-refractivity contribution is 5.61. The molecule has 2 aromatic carbocycles. The second-order valence-corrected chi connectivity index (χ2v) is 6.14. The van der Waals surface area contributed by atoms with Crippen LogP contribution in [0.5, 0.6) is 0 Å². The fourth-order valence-electron chi connectivity index (χ4n) is 2.96. The van der Waals surface area contributed by atoms with Crippen LogP contribution < -0.4 is 5.43 Å². The van der Waals surface area contributed by atoms with Crippen LogP contribution in [0.1, 0.15) is 5.56 Å². The molecule has 0 bridgehead atoms. The standard InChI is InChI=1S/C21H14F3N3O/c22-21(23,24)15-5-4-8-17(13-15)26-12-10-20(28)18(14-26)19-9-11-25-27(19)16-6-2-1-3-7-16/h1-14H. The second kappa shape index (κ2) is 6.84. The minimum atomic E-state index is -4.44. The van der Waals surface area contributed by atoms with Crippen LogP contribution in [0.4, 0.5) is 13.2 Å². The predicted molar refractivity (Wildman–Crippen MR) is 99.6 cm³/mol. The normalized spacial score (nSPS) is 11.5. The molecule has 0 aliphatic heterocycles. The van der Waals surface area contributed by atoms with Crippen molar-refractivity contribution in [3.63, 3.8) is 0 Å². The zero-order valence-electron chi connectivity index (χ0n) is 14.5. The summed E-state index contributed by atoms with van der Waals surface area (Å²) in [6.45, 7) is 0. The molecule has 7 heteroatoms. The third kappa shape index (κ3) is 3.34. The van der Waals surface area contributed by atoms with E-state index in [9.17, 15) is 18.0 Å². The van der Waals surface area contributed by atoms with Crippen molar-refractivity contribution in [3.8, 4) is 22.6 Å². The molecule has 28 heavy (non-hydrogen) atoms. The average molecular weight is 381 g/mol. The number of nitrogens with zero attached hydrogens (tertiary/aromatic N) is 3. The lowest BCUT2D eigenvalue weighted by Gasteiger charge is -2.13.